The number of para-hydroxylation sites is 1. The maximum absolute atomic E-state index is 13.8. The van der Waals surface area contributed by atoms with Gasteiger partial charge in [-0.2, -0.15) is 0 Å². The number of carbonyl (C=O) groups excluding carboxylic acids is 1. The van der Waals surface area contributed by atoms with Crippen molar-refractivity contribution in [1.82, 2.24) is 4.57 Å². The molecule has 5 rings (SSSR count). The topological polar surface area (TPSA) is 69.9 Å². The molecule has 0 N–H and O–H groups in total. The third kappa shape index (κ3) is 3.78. The number of Topliss-reactive ketones (excluding diaryl/α,β-unsaturated/α-hetero) is 1. The molecule has 0 amide bonds. The molecule has 0 aliphatic carbocycles. The molecule has 0 bridgehead atoms. The van der Waals surface area contributed by atoms with Crippen LogP contribution in [-0.2, 0) is 4.79 Å². The second-order valence-electron chi connectivity index (χ2n) is 8.28. The quantitative estimate of drug-likeness (QED) is 0.430. The van der Waals surface area contributed by atoms with Crippen LogP contribution < -0.4 is 24.4 Å². The Bertz CT molecular complexity index is 1690. The molecule has 176 valence electrons. The zero-order valence-corrected chi connectivity index (χ0v) is 20.7. The highest BCUT2D eigenvalue weighted by molar-refractivity contribution is 7.07. The van der Waals surface area contributed by atoms with Gasteiger partial charge in [0.05, 0.1) is 24.8 Å². The van der Waals surface area contributed by atoms with Crippen molar-refractivity contribution < 1.29 is 14.3 Å². The van der Waals surface area contributed by atoms with Gasteiger partial charge in [-0.15, -0.1) is 0 Å². The van der Waals surface area contributed by atoms with Crippen molar-refractivity contribution >= 4 is 34.0 Å². The maximum Gasteiger partial charge on any atom is 0.271 e. The SMILES string of the molecule is COc1ccccc1[C@@H]1C(C(C)=O)=C(C)N=c2sc(=Cc3ccc(OC)c4ccccc34)c(=O)n21. The molecular formula is C28H24N2O4S. The van der Waals surface area contributed by atoms with Gasteiger partial charge in [-0.1, -0.05) is 59.9 Å². The van der Waals surface area contributed by atoms with Crippen molar-refractivity contribution in [2.75, 3.05) is 14.2 Å². The molecule has 1 aliphatic heterocycles. The Balaban J connectivity index is 1.79. The number of ether oxygens (including phenoxy) is 2. The van der Waals surface area contributed by atoms with Gasteiger partial charge in [-0.05, 0) is 43.0 Å². The molecule has 2 heterocycles. The lowest BCUT2D eigenvalue weighted by atomic mass is 9.93. The van der Waals surface area contributed by atoms with E-state index in [1.165, 1.54) is 18.3 Å². The van der Waals surface area contributed by atoms with Crippen LogP contribution in [0.1, 0.15) is 31.0 Å². The minimum absolute atomic E-state index is 0.127. The number of methoxy groups -OCH3 is 2. The third-order valence-electron chi connectivity index (χ3n) is 6.26. The number of allylic oxidation sites excluding steroid dienone is 2. The van der Waals surface area contributed by atoms with Gasteiger partial charge in [0.1, 0.15) is 11.5 Å². The van der Waals surface area contributed by atoms with E-state index < -0.39 is 6.04 Å². The zero-order valence-electron chi connectivity index (χ0n) is 19.9. The first-order chi connectivity index (χ1) is 16.9. The van der Waals surface area contributed by atoms with Crippen LogP contribution in [0.2, 0.25) is 0 Å². The summed E-state index contributed by atoms with van der Waals surface area (Å²) in [6.07, 6.45) is 1.89. The third-order valence-corrected chi connectivity index (χ3v) is 7.24. The number of benzene rings is 3. The van der Waals surface area contributed by atoms with E-state index in [1.54, 1.807) is 18.8 Å². The van der Waals surface area contributed by atoms with Gasteiger partial charge in [0.15, 0.2) is 10.6 Å². The average Bonchev–Trinajstić information content (AvgIpc) is 3.17. The van der Waals surface area contributed by atoms with Gasteiger partial charge < -0.3 is 9.47 Å². The van der Waals surface area contributed by atoms with E-state index in [1.807, 2.05) is 73.7 Å². The highest BCUT2D eigenvalue weighted by atomic mass is 32.1. The van der Waals surface area contributed by atoms with Gasteiger partial charge in [-0.25, -0.2) is 4.99 Å². The van der Waals surface area contributed by atoms with Crippen LogP contribution in [0.5, 0.6) is 11.5 Å². The van der Waals surface area contributed by atoms with E-state index in [2.05, 4.69) is 4.99 Å². The van der Waals surface area contributed by atoms with Crippen LogP contribution in [0.4, 0.5) is 0 Å². The number of thiazole rings is 1. The number of carbonyl (C=O) groups is 1. The normalized spacial score (nSPS) is 15.7. The summed E-state index contributed by atoms with van der Waals surface area (Å²) in [6, 6.07) is 18.6. The summed E-state index contributed by atoms with van der Waals surface area (Å²) in [5, 5.41) is 1.96. The largest absolute Gasteiger partial charge is 0.496 e. The van der Waals surface area contributed by atoms with Gasteiger partial charge >= 0.3 is 0 Å². The zero-order chi connectivity index (χ0) is 24.7. The average molecular weight is 485 g/mol. The van der Waals surface area contributed by atoms with E-state index in [9.17, 15) is 9.59 Å². The second-order valence-corrected chi connectivity index (χ2v) is 9.29. The number of rotatable bonds is 5. The van der Waals surface area contributed by atoms with Gasteiger partial charge in [0, 0.05) is 22.2 Å². The Kier molecular flexibility index (Phi) is 5.86. The van der Waals surface area contributed by atoms with E-state index >= 15 is 0 Å². The lowest BCUT2D eigenvalue weighted by Crippen LogP contribution is -2.39. The molecule has 7 heteroatoms. The molecule has 1 atom stereocenters. The minimum atomic E-state index is -0.616. The summed E-state index contributed by atoms with van der Waals surface area (Å²) in [5.74, 6) is 1.26. The van der Waals surface area contributed by atoms with Crippen molar-refractivity contribution in [3.63, 3.8) is 0 Å². The number of aromatic nitrogens is 1. The summed E-state index contributed by atoms with van der Waals surface area (Å²) >= 11 is 1.32. The van der Waals surface area contributed by atoms with E-state index in [4.69, 9.17) is 9.47 Å². The highest BCUT2D eigenvalue weighted by Gasteiger charge is 2.32. The van der Waals surface area contributed by atoms with Crippen LogP contribution >= 0.6 is 11.3 Å². The summed E-state index contributed by atoms with van der Waals surface area (Å²) in [4.78, 5) is 31.8. The number of ketones is 1. The second kappa shape index (κ2) is 9.00. The van der Waals surface area contributed by atoms with Gasteiger partial charge in [-0.3, -0.25) is 14.2 Å². The summed E-state index contributed by atoms with van der Waals surface area (Å²) < 4.78 is 13.3. The number of hydrogen-bond donors (Lipinski definition) is 0. The van der Waals surface area contributed by atoms with E-state index in [-0.39, 0.29) is 11.3 Å². The van der Waals surface area contributed by atoms with Gasteiger partial charge in [0.25, 0.3) is 5.56 Å². The Hall–Kier alpha value is -3.97. The molecule has 0 saturated carbocycles. The van der Waals surface area contributed by atoms with Crippen molar-refractivity contribution in [2.24, 2.45) is 4.99 Å². The fourth-order valence-electron chi connectivity index (χ4n) is 4.70. The molecule has 35 heavy (non-hydrogen) atoms. The van der Waals surface area contributed by atoms with Crippen LogP contribution in [0.25, 0.3) is 16.8 Å². The fourth-order valence-corrected chi connectivity index (χ4v) is 5.73. The summed E-state index contributed by atoms with van der Waals surface area (Å²) in [6.45, 7) is 3.32. The molecule has 0 saturated heterocycles. The Morgan fingerprint density at radius 3 is 2.37 bits per heavy atom. The number of nitrogens with zero attached hydrogens (tertiary/aromatic N) is 2. The molecule has 4 aromatic rings. The Labute approximate surface area is 206 Å². The van der Waals surface area contributed by atoms with E-state index in [0.29, 0.717) is 26.4 Å². The monoisotopic (exact) mass is 484 g/mol. The van der Waals surface area contributed by atoms with Crippen LogP contribution in [0.3, 0.4) is 0 Å². The van der Waals surface area contributed by atoms with Crippen LogP contribution in [0.15, 0.2) is 81.7 Å². The van der Waals surface area contributed by atoms with E-state index in [0.717, 1.165) is 27.6 Å². The van der Waals surface area contributed by atoms with Crippen molar-refractivity contribution in [3.8, 4) is 11.5 Å². The minimum Gasteiger partial charge on any atom is -0.496 e. The molecular weight excluding hydrogens is 460 g/mol. The smallest absolute Gasteiger partial charge is 0.271 e. The first-order valence-electron chi connectivity index (χ1n) is 11.2. The lowest BCUT2D eigenvalue weighted by molar-refractivity contribution is -0.114. The number of hydrogen-bond acceptors (Lipinski definition) is 6. The molecule has 0 spiro atoms. The molecule has 0 fully saturated rings. The molecule has 0 radical (unpaired) electrons. The predicted octanol–water partition coefficient (Wildman–Crippen LogP) is 3.99. The molecule has 3 aromatic carbocycles. The Morgan fingerprint density at radius 1 is 0.971 bits per heavy atom. The van der Waals surface area contributed by atoms with Crippen molar-refractivity contribution in [2.45, 2.75) is 19.9 Å². The standard InChI is InChI=1S/C28H24N2O4S/c1-16-25(17(2)31)26(21-11-7-8-12-22(21)33-3)30-27(32)24(35-28(30)29-16)15-18-13-14-23(34-4)20-10-6-5-9-19(18)20/h5-15,26H,1-4H3/t26-/m1/s1. The predicted molar refractivity (Wildman–Crippen MR) is 138 cm³/mol. The molecule has 1 aromatic heterocycles. The molecule has 6 nitrogen and oxygen atoms in total. The van der Waals surface area contributed by atoms with Crippen molar-refractivity contribution in [3.05, 3.63) is 103 Å². The van der Waals surface area contributed by atoms with Crippen LogP contribution in [-0.4, -0.2) is 24.6 Å². The summed E-state index contributed by atoms with van der Waals surface area (Å²) in [7, 11) is 3.23. The van der Waals surface area contributed by atoms with Crippen LogP contribution in [0, 0.1) is 0 Å². The maximum atomic E-state index is 13.8. The number of fused-ring (bicyclic) bond motifs is 2. The van der Waals surface area contributed by atoms with Gasteiger partial charge in [0.2, 0.25) is 0 Å². The van der Waals surface area contributed by atoms with Crippen molar-refractivity contribution in [1.29, 1.82) is 0 Å². The first-order valence-corrected chi connectivity index (χ1v) is 12.0. The highest BCUT2D eigenvalue weighted by Crippen LogP contribution is 2.35. The summed E-state index contributed by atoms with van der Waals surface area (Å²) in [5.41, 5.74) is 2.55. The Morgan fingerprint density at radius 2 is 1.66 bits per heavy atom. The fraction of sp³-hybridized carbons (Fsp3) is 0.179. The first kappa shape index (κ1) is 22.8. The lowest BCUT2D eigenvalue weighted by Gasteiger charge is -2.25. The molecule has 1 aliphatic rings. The molecule has 0 unspecified atom stereocenters.